The van der Waals surface area contributed by atoms with Gasteiger partial charge in [-0.2, -0.15) is 0 Å². The van der Waals surface area contributed by atoms with Gasteiger partial charge in [0.25, 0.3) is 5.91 Å². The SMILES string of the molecule is C=CCn1c(C)c(C)c2cc(C(=O)Nc3cnccn3)nc(OCc3ccc(F)cc3)c21. The van der Waals surface area contributed by atoms with Gasteiger partial charge in [0.1, 0.15) is 23.6 Å². The fourth-order valence-electron chi connectivity index (χ4n) is 3.48. The lowest BCUT2D eigenvalue weighted by Gasteiger charge is -2.12. The topological polar surface area (TPSA) is 81.9 Å². The second-order valence-corrected chi connectivity index (χ2v) is 7.28. The Morgan fingerprint density at radius 1 is 1.25 bits per heavy atom. The predicted octanol–water partition coefficient (Wildman–Crippen LogP) is 4.60. The number of allylic oxidation sites excluding steroid dienone is 1. The van der Waals surface area contributed by atoms with E-state index in [4.69, 9.17) is 4.74 Å². The molecule has 0 aliphatic rings. The molecular formula is C24H22FN5O2. The number of rotatable bonds is 7. The van der Waals surface area contributed by atoms with Gasteiger partial charge in [0, 0.05) is 30.0 Å². The van der Waals surface area contributed by atoms with Crippen molar-refractivity contribution in [2.75, 3.05) is 5.32 Å². The molecule has 0 unspecified atom stereocenters. The smallest absolute Gasteiger partial charge is 0.275 e. The van der Waals surface area contributed by atoms with Gasteiger partial charge in [-0.05, 0) is 43.2 Å². The monoisotopic (exact) mass is 431 g/mol. The number of carbonyl (C=O) groups excluding carboxylic acids is 1. The van der Waals surface area contributed by atoms with Crippen LogP contribution in [-0.2, 0) is 13.2 Å². The summed E-state index contributed by atoms with van der Waals surface area (Å²) in [5.41, 5.74) is 3.80. The van der Waals surface area contributed by atoms with E-state index in [1.54, 1.807) is 24.3 Å². The van der Waals surface area contributed by atoms with Gasteiger partial charge in [-0.25, -0.2) is 14.4 Å². The summed E-state index contributed by atoms with van der Waals surface area (Å²) >= 11 is 0. The van der Waals surface area contributed by atoms with Crippen LogP contribution in [0.5, 0.6) is 5.88 Å². The Bertz CT molecular complexity index is 1280. The molecule has 32 heavy (non-hydrogen) atoms. The van der Waals surface area contributed by atoms with Crippen molar-refractivity contribution < 1.29 is 13.9 Å². The van der Waals surface area contributed by atoms with Crippen LogP contribution >= 0.6 is 0 Å². The Morgan fingerprint density at radius 3 is 2.72 bits per heavy atom. The maximum Gasteiger partial charge on any atom is 0.275 e. The summed E-state index contributed by atoms with van der Waals surface area (Å²) in [6.45, 7) is 8.58. The van der Waals surface area contributed by atoms with Gasteiger partial charge < -0.3 is 14.6 Å². The highest BCUT2D eigenvalue weighted by molar-refractivity contribution is 6.05. The van der Waals surface area contributed by atoms with Crippen LogP contribution in [0.3, 0.4) is 0 Å². The largest absolute Gasteiger partial charge is 0.471 e. The number of pyridine rings is 1. The van der Waals surface area contributed by atoms with Crippen molar-refractivity contribution in [1.29, 1.82) is 0 Å². The van der Waals surface area contributed by atoms with E-state index in [2.05, 4.69) is 31.4 Å². The van der Waals surface area contributed by atoms with Crippen molar-refractivity contribution in [2.45, 2.75) is 27.0 Å². The molecule has 0 saturated heterocycles. The molecule has 0 aliphatic carbocycles. The average molecular weight is 431 g/mol. The van der Waals surface area contributed by atoms with E-state index >= 15 is 0 Å². The minimum atomic E-state index is -0.424. The van der Waals surface area contributed by atoms with Crippen molar-refractivity contribution in [3.8, 4) is 5.88 Å². The van der Waals surface area contributed by atoms with Crippen LogP contribution in [0.25, 0.3) is 10.9 Å². The zero-order valence-corrected chi connectivity index (χ0v) is 17.8. The van der Waals surface area contributed by atoms with Gasteiger partial charge >= 0.3 is 0 Å². The first kappa shape index (κ1) is 21.2. The highest BCUT2D eigenvalue weighted by Crippen LogP contribution is 2.32. The van der Waals surface area contributed by atoms with Crippen LogP contribution in [0.15, 0.2) is 61.6 Å². The molecule has 4 aromatic rings. The van der Waals surface area contributed by atoms with Gasteiger partial charge in [0.05, 0.1) is 6.20 Å². The molecule has 0 fully saturated rings. The number of halogens is 1. The number of ether oxygens (including phenoxy) is 1. The number of fused-ring (bicyclic) bond motifs is 1. The molecule has 0 aliphatic heterocycles. The molecule has 0 atom stereocenters. The van der Waals surface area contributed by atoms with Gasteiger partial charge in [-0.3, -0.25) is 9.78 Å². The zero-order valence-electron chi connectivity index (χ0n) is 17.8. The molecule has 7 nitrogen and oxygen atoms in total. The lowest BCUT2D eigenvalue weighted by atomic mass is 10.1. The molecule has 1 aromatic carbocycles. The van der Waals surface area contributed by atoms with E-state index in [9.17, 15) is 9.18 Å². The van der Waals surface area contributed by atoms with Crippen LogP contribution in [0.2, 0.25) is 0 Å². The first-order valence-corrected chi connectivity index (χ1v) is 10.0. The number of aryl methyl sites for hydroxylation is 1. The molecule has 1 N–H and O–H groups in total. The van der Waals surface area contributed by atoms with Crippen LogP contribution in [0.4, 0.5) is 10.2 Å². The lowest BCUT2D eigenvalue weighted by Crippen LogP contribution is -2.15. The van der Waals surface area contributed by atoms with E-state index in [0.717, 1.165) is 27.7 Å². The standard InChI is InChI=1S/C24H22FN5O2/c1-4-11-30-16(3)15(2)19-12-20(23(31)29-21-13-26-9-10-27-21)28-24(22(19)30)32-14-17-5-7-18(25)8-6-17/h4-10,12-13H,1,11,14H2,2-3H3,(H,27,29,31). The second kappa shape index (κ2) is 8.97. The van der Waals surface area contributed by atoms with Gasteiger partial charge in [0.15, 0.2) is 5.82 Å². The molecular weight excluding hydrogens is 409 g/mol. The normalized spacial score (nSPS) is 10.8. The number of benzene rings is 1. The summed E-state index contributed by atoms with van der Waals surface area (Å²) in [5, 5.41) is 3.56. The van der Waals surface area contributed by atoms with Crippen molar-refractivity contribution in [3.63, 3.8) is 0 Å². The van der Waals surface area contributed by atoms with Gasteiger partial charge in [-0.1, -0.05) is 18.2 Å². The fraction of sp³-hybridized carbons (Fsp3) is 0.167. The minimum absolute atomic E-state index is 0.176. The summed E-state index contributed by atoms with van der Waals surface area (Å²) in [6, 6.07) is 7.79. The van der Waals surface area contributed by atoms with Crippen LogP contribution in [0, 0.1) is 19.7 Å². The Labute approximate surface area is 184 Å². The van der Waals surface area contributed by atoms with E-state index in [-0.39, 0.29) is 18.1 Å². The number of hydrogen-bond acceptors (Lipinski definition) is 5. The number of nitrogens with one attached hydrogen (secondary N) is 1. The molecule has 1 amide bonds. The number of hydrogen-bond donors (Lipinski definition) is 1. The van der Waals surface area contributed by atoms with E-state index in [1.165, 1.54) is 30.7 Å². The maximum atomic E-state index is 13.2. The van der Waals surface area contributed by atoms with Crippen molar-refractivity contribution in [1.82, 2.24) is 19.5 Å². The maximum absolute atomic E-state index is 13.2. The molecule has 8 heteroatoms. The average Bonchev–Trinajstić information content (AvgIpc) is 3.04. The van der Waals surface area contributed by atoms with Crippen molar-refractivity contribution >= 4 is 22.6 Å². The highest BCUT2D eigenvalue weighted by atomic mass is 19.1. The molecule has 162 valence electrons. The summed E-state index contributed by atoms with van der Waals surface area (Å²) in [5.74, 6) is -0.102. The highest BCUT2D eigenvalue weighted by Gasteiger charge is 2.20. The van der Waals surface area contributed by atoms with Gasteiger partial charge in [0.2, 0.25) is 5.88 Å². The fourth-order valence-corrected chi connectivity index (χ4v) is 3.48. The molecule has 0 saturated carbocycles. The van der Waals surface area contributed by atoms with Crippen LogP contribution in [0.1, 0.15) is 27.3 Å². The van der Waals surface area contributed by atoms with E-state index < -0.39 is 5.91 Å². The quantitative estimate of drug-likeness (QED) is 0.433. The third-order valence-electron chi connectivity index (χ3n) is 5.22. The first-order chi connectivity index (χ1) is 15.5. The molecule has 0 radical (unpaired) electrons. The number of anilines is 1. The molecule has 0 spiro atoms. The summed E-state index contributed by atoms with van der Waals surface area (Å²) < 4.78 is 21.3. The summed E-state index contributed by atoms with van der Waals surface area (Å²) in [4.78, 5) is 25.4. The first-order valence-electron chi connectivity index (χ1n) is 10.0. The van der Waals surface area contributed by atoms with Crippen LogP contribution in [-0.4, -0.2) is 25.4 Å². The second-order valence-electron chi connectivity index (χ2n) is 7.28. The molecule has 3 heterocycles. The molecule has 3 aromatic heterocycles. The van der Waals surface area contributed by atoms with Crippen molar-refractivity contribution in [3.05, 3.63) is 89.9 Å². The zero-order chi connectivity index (χ0) is 22.7. The van der Waals surface area contributed by atoms with E-state index in [1.807, 2.05) is 13.8 Å². The van der Waals surface area contributed by atoms with Gasteiger partial charge in [-0.15, -0.1) is 6.58 Å². The lowest BCUT2D eigenvalue weighted by molar-refractivity contribution is 0.102. The Kier molecular flexibility index (Phi) is 5.93. The third-order valence-corrected chi connectivity index (χ3v) is 5.22. The minimum Gasteiger partial charge on any atom is -0.471 e. The predicted molar refractivity (Wildman–Crippen MR) is 120 cm³/mol. The Morgan fingerprint density at radius 2 is 2.03 bits per heavy atom. The number of amides is 1. The summed E-state index contributed by atoms with van der Waals surface area (Å²) in [6.07, 6.45) is 6.27. The number of nitrogens with zero attached hydrogens (tertiary/aromatic N) is 4. The third kappa shape index (κ3) is 4.20. The molecule has 4 rings (SSSR count). The Hall–Kier alpha value is -4.07. The van der Waals surface area contributed by atoms with Crippen LogP contribution < -0.4 is 10.1 Å². The summed E-state index contributed by atoms with van der Waals surface area (Å²) in [7, 11) is 0. The number of carbonyl (C=O) groups is 1. The van der Waals surface area contributed by atoms with E-state index in [0.29, 0.717) is 18.2 Å². The number of aromatic nitrogens is 4. The Balaban J connectivity index is 1.76. The van der Waals surface area contributed by atoms with Crippen molar-refractivity contribution in [2.24, 2.45) is 0 Å². The molecule has 0 bridgehead atoms.